The number of nitrogens with zero attached hydrogens (tertiary/aromatic N) is 1. The van der Waals surface area contributed by atoms with E-state index in [1.54, 1.807) is 6.07 Å². The zero-order valence-corrected chi connectivity index (χ0v) is 15.8. The summed E-state index contributed by atoms with van der Waals surface area (Å²) < 4.78 is 9.79. The van der Waals surface area contributed by atoms with E-state index in [9.17, 15) is 9.59 Å². The van der Waals surface area contributed by atoms with Crippen LogP contribution in [0.2, 0.25) is 0 Å². The number of rotatable bonds is 5. The van der Waals surface area contributed by atoms with Crippen LogP contribution in [-0.4, -0.2) is 44.1 Å². The number of piperidine rings is 1. The average molecular weight is 367 g/mol. The van der Waals surface area contributed by atoms with Gasteiger partial charge in [-0.1, -0.05) is 42.5 Å². The van der Waals surface area contributed by atoms with Crippen LogP contribution in [-0.2, 0) is 16.0 Å². The number of esters is 2. The maximum absolute atomic E-state index is 12.4. The summed E-state index contributed by atoms with van der Waals surface area (Å²) in [4.78, 5) is 26.9. The third-order valence-electron chi connectivity index (χ3n) is 5.17. The fraction of sp³-hybridized carbons (Fsp3) is 0.364. The summed E-state index contributed by atoms with van der Waals surface area (Å²) >= 11 is 0. The normalized spacial score (nSPS) is 15.3. The van der Waals surface area contributed by atoms with Crippen molar-refractivity contribution in [3.8, 4) is 0 Å². The maximum Gasteiger partial charge on any atom is 0.339 e. The molecule has 0 bridgehead atoms. The van der Waals surface area contributed by atoms with E-state index in [4.69, 9.17) is 9.47 Å². The molecule has 3 rings (SSSR count). The summed E-state index contributed by atoms with van der Waals surface area (Å²) in [5.41, 5.74) is 2.80. The van der Waals surface area contributed by atoms with Crippen molar-refractivity contribution < 1.29 is 19.1 Å². The molecule has 0 aliphatic carbocycles. The molecule has 1 heterocycles. The topological polar surface area (TPSA) is 55.8 Å². The van der Waals surface area contributed by atoms with Crippen LogP contribution in [0.25, 0.3) is 0 Å². The Hall–Kier alpha value is -2.66. The molecule has 1 aliphatic rings. The zero-order valence-electron chi connectivity index (χ0n) is 15.8. The summed E-state index contributed by atoms with van der Waals surface area (Å²) in [6.07, 6.45) is 1.86. The van der Waals surface area contributed by atoms with E-state index in [1.807, 2.05) is 18.2 Å². The Labute approximate surface area is 159 Å². The van der Waals surface area contributed by atoms with E-state index in [2.05, 4.69) is 29.2 Å². The van der Waals surface area contributed by atoms with Gasteiger partial charge < -0.3 is 9.47 Å². The molecule has 1 fully saturated rings. The van der Waals surface area contributed by atoms with Crippen LogP contribution >= 0.6 is 0 Å². The van der Waals surface area contributed by atoms with Crippen LogP contribution < -0.4 is 0 Å². The Morgan fingerprint density at radius 2 is 1.59 bits per heavy atom. The first-order valence-corrected chi connectivity index (χ1v) is 9.20. The number of carbonyl (C=O) groups is 2. The Morgan fingerprint density at radius 1 is 0.926 bits per heavy atom. The SMILES string of the molecule is COC(=O)c1cccc(C2CCN(Cc3ccccc3)CC2)c1C(=O)OC. The Kier molecular flexibility index (Phi) is 6.24. The van der Waals surface area contributed by atoms with Crippen LogP contribution in [0.3, 0.4) is 0 Å². The van der Waals surface area contributed by atoms with Crippen molar-refractivity contribution in [1.82, 2.24) is 4.90 Å². The van der Waals surface area contributed by atoms with E-state index in [-0.39, 0.29) is 11.5 Å². The fourth-order valence-electron chi connectivity index (χ4n) is 3.76. The fourth-order valence-corrected chi connectivity index (χ4v) is 3.76. The van der Waals surface area contributed by atoms with Crippen LogP contribution in [0, 0.1) is 0 Å². The van der Waals surface area contributed by atoms with Crippen LogP contribution in [0.5, 0.6) is 0 Å². The lowest BCUT2D eigenvalue weighted by atomic mass is 9.84. The van der Waals surface area contributed by atoms with Gasteiger partial charge in [-0.3, -0.25) is 4.90 Å². The van der Waals surface area contributed by atoms with Gasteiger partial charge in [0.2, 0.25) is 0 Å². The highest BCUT2D eigenvalue weighted by Gasteiger charge is 2.28. The smallest absolute Gasteiger partial charge is 0.339 e. The Balaban J connectivity index is 1.77. The molecule has 0 unspecified atom stereocenters. The first kappa shape index (κ1) is 19.1. The number of likely N-dealkylation sites (tertiary alicyclic amines) is 1. The molecule has 5 nitrogen and oxygen atoms in total. The largest absolute Gasteiger partial charge is 0.465 e. The van der Waals surface area contributed by atoms with Gasteiger partial charge in [0, 0.05) is 6.54 Å². The van der Waals surface area contributed by atoms with E-state index in [0.29, 0.717) is 5.56 Å². The second-order valence-corrected chi connectivity index (χ2v) is 6.79. The molecule has 2 aromatic rings. The van der Waals surface area contributed by atoms with Crippen LogP contribution in [0.4, 0.5) is 0 Å². The van der Waals surface area contributed by atoms with Gasteiger partial charge in [0.25, 0.3) is 0 Å². The minimum atomic E-state index is -0.515. The molecular formula is C22H25NO4. The standard InChI is InChI=1S/C22H25NO4/c1-26-21(24)19-10-6-9-18(20(19)22(25)27-2)17-11-13-23(14-12-17)15-16-7-4-3-5-8-16/h3-10,17H,11-15H2,1-2H3. The van der Waals surface area contributed by atoms with Crippen molar-refractivity contribution in [1.29, 1.82) is 0 Å². The van der Waals surface area contributed by atoms with Gasteiger partial charge in [0.05, 0.1) is 25.3 Å². The molecule has 0 atom stereocenters. The van der Waals surface area contributed by atoms with Gasteiger partial charge in [-0.2, -0.15) is 0 Å². The molecule has 0 saturated carbocycles. The summed E-state index contributed by atoms with van der Waals surface area (Å²) in [5, 5.41) is 0. The highest BCUT2D eigenvalue weighted by molar-refractivity contribution is 6.04. The van der Waals surface area contributed by atoms with Gasteiger partial charge in [0.15, 0.2) is 0 Å². The number of carbonyl (C=O) groups excluding carboxylic acids is 2. The maximum atomic E-state index is 12.4. The molecule has 142 valence electrons. The lowest BCUT2D eigenvalue weighted by molar-refractivity contribution is 0.0553. The zero-order chi connectivity index (χ0) is 19.2. The van der Waals surface area contributed by atoms with E-state index in [0.717, 1.165) is 38.0 Å². The van der Waals surface area contributed by atoms with Crippen molar-refractivity contribution in [2.45, 2.75) is 25.3 Å². The third kappa shape index (κ3) is 4.37. The van der Waals surface area contributed by atoms with Gasteiger partial charge in [-0.25, -0.2) is 9.59 Å². The lowest BCUT2D eigenvalue weighted by Crippen LogP contribution is -2.33. The number of benzene rings is 2. The average Bonchev–Trinajstić information content (AvgIpc) is 2.73. The summed E-state index contributed by atoms with van der Waals surface area (Å²) in [5.74, 6) is -0.785. The lowest BCUT2D eigenvalue weighted by Gasteiger charge is -2.33. The second kappa shape index (κ2) is 8.82. The summed E-state index contributed by atoms with van der Waals surface area (Å²) in [7, 11) is 2.65. The molecule has 0 N–H and O–H groups in total. The molecule has 5 heteroatoms. The van der Waals surface area contributed by atoms with Crippen molar-refractivity contribution in [3.63, 3.8) is 0 Å². The van der Waals surface area contributed by atoms with Gasteiger partial charge in [-0.05, 0) is 49.0 Å². The first-order valence-electron chi connectivity index (χ1n) is 9.20. The van der Waals surface area contributed by atoms with E-state index < -0.39 is 11.9 Å². The van der Waals surface area contributed by atoms with Crippen molar-refractivity contribution in [3.05, 3.63) is 70.8 Å². The minimum absolute atomic E-state index is 0.218. The number of ether oxygens (including phenoxy) is 2. The molecule has 0 radical (unpaired) electrons. The highest BCUT2D eigenvalue weighted by atomic mass is 16.5. The van der Waals surface area contributed by atoms with E-state index >= 15 is 0 Å². The van der Waals surface area contributed by atoms with Crippen molar-refractivity contribution in [2.75, 3.05) is 27.3 Å². The number of methoxy groups -OCH3 is 2. The summed E-state index contributed by atoms with van der Waals surface area (Å²) in [6.45, 7) is 2.82. The predicted molar refractivity (Wildman–Crippen MR) is 103 cm³/mol. The molecule has 1 aliphatic heterocycles. The van der Waals surface area contributed by atoms with Crippen LogP contribution in [0.15, 0.2) is 48.5 Å². The highest BCUT2D eigenvalue weighted by Crippen LogP contribution is 2.33. The van der Waals surface area contributed by atoms with Crippen molar-refractivity contribution >= 4 is 11.9 Å². The first-order chi connectivity index (χ1) is 13.1. The van der Waals surface area contributed by atoms with Gasteiger partial charge >= 0.3 is 11.9 Å². The predicted octanol–water partition coefficient (Wildman–Crippen LogP) is 3.64. The molecule has 0 aromatic heterocycles. The Bertz CT molecular complexity index is 795. The molecular weight excluding hydrogens is 342 g/mol. The third-order valence-corrected chi connectivity index (χ3v) is 5.17. The number of hydrogen-bond acceptors (Lipinski definition) is 5. The summed E-state index contributed by atoms with van der Waals surface area (Å²) in [6, 6.07) is 15.8. The molecule has 2 aromatic carbocycles. The quantitative estimate of drug-likeness (QED) is 0.755. The second-order valence-electron chi connectivity index (χ2n) is 6.79. The Morgan fingerprint density at radius 3 is 2.22 bits per heavy atom. The number of hydrogen-bond donors (Lipinski definition) is 0. The minimum Gasteiger partial charge on any atom is -0.465 e. The van der Waals surface area contributed by atoms with Gasteiger partial charge in [0.1, 0.15) is 0 Å². The molecule has 0 amide bonds. The van der Waals surface area contributed by atoms with Gasteiger partial charge in [-0.15, -0.1) is 0 Å². The molecule has 0 spiro atoms. The van der Waals surface area contributed by atoms with Crippen molar-refractivity contribution in [2.24, 2.45) is 0 Å². The molecule has 1 saturated heterocycles. The van der Waals surface area contributed by atoms with E-state index in [1.165, 1.54) is 19.8 Å². The van der Waals surface area contributed by atoms with Crippen LogP contribution in [0.1, 0.15) is 50.6 Å². The molecule has 27 heavy (non-hydrogen) atoms. The monoisotopic (exact) mass is 367 g/mol.